The van der Waals surface area contributed by atoms with Gasteiger partial charge in [-0.1, -0.05) is 50.2 Å². The number of fused-ring (bicyclic) bond motifs is 1. The van der Waals surface area contributed by atoms with E-state index in [0.717, 1.165) is 12.1 Å². The second kappa shape index (κ2) is 5.80. The van der Waals surface area contributed by atoms with Crippen molar-refractivity contribution in [3.8, 4) is 5.75 Å². The van der Waals surface area contributed by atoms with Crippen molar-refractivity contribution in [1.29, 1.82) is 0 Å². The Hall–Kier alpha value is -2.49. The van der Waals surface area contributed by atoms with Gasteiger partial charge in [-0.2, -0.15) is 0 Å². The van der Waals surface area contributed by atoms with Gasteiger partial charge in [-0.05, 0) is 29.5 Å². The number of phenolic OH excluding ortho intramolecular Hbond substituents is 1. The van der Waals surface area contributed by atoms with Crippen LogP contribution < -0.4 is 10.6 Å². The van der Waals surface area contributed by atoms with Crippen molar-refractivity contribution in [2.45, 2.75) is 31.7 Å². The molecule has 0 aromatic heterocycles. The molecule has 4 nitrogen and oxygen atoms in total. The summed E-state index contributed by atoms with van der Waals surface area (Å²) in [5.74, 6) is 0.782. The zero-order chi connectivity index (χ0) is 17.6. The molecule has 2 aliphatic rings. The molecule has 0 spiro atoms. The van der Waals surface area contributed by atoms with Crippen LogP contribution in [0.1, 0.15) is 25.0 Å². The molecule has 1 aliphatic heterocycles. The number of benzene rings is 2. The van der Waals surface area contributed by atoms with Gasteiger partial charge < -0.3 is 15.7 Å². The zero-order valence-corrected chi connectivity index (χ0v) is 14.6. The van der Waals surface area contributed by atoms with Crippen molar-refractivity contribution in [3.05, 3.63) is 59.7 Å². The van der Waals surface area contributed by atoms with E-state index in [4.69, 9.17) is 0 Å². The van der Waals surface area contributed by atoms with Crippen molar-refractivity contribution in [2.24, 2.45) is 11.8 Å². The molecule has 25 heavy (non-hydrogen) atoms. The molecule has 4 atom stereocenters. The average molecular weight is 336 g/mol. The Bertz CT molecular complexity index is 805. The van der Waals surface area contributed by atoms with Crippen molar-refractivity contribution < 1.29 is 9.90 Å². The lowest BCUT2D eigenvalue weighted by molar-refractivity contribution is -0.122. The first-order chi connectivity index (χ1) is 12.0. The van der Waals surface area contributed by atoms with E-state index in [-0.39, 0.29) is 29.0 Å². The van der Waals surface area contributed by atoms with Gasteiger partial charge in [0.1, 0.15) is 5.75 Å². The first kappa shape index (κ1) is 16.0. The molecule has 0 saturated heterocycles. The van der Waals surface area contributed by atoms with Crippen molar-refractivity contribution in [1.82, 2.24) is 5.32 Å². The summed E-state index contributed by atoms with van der Waals surface area (Å²) in [6, 6.07) is 15.9. The van der Waals surface area contributed by atoms with E-state index in [2.05, 4.69) is 36.6 Å². The number of carbonyl (C=O) groups excluding carboxylic acids is 1. The summed E-state index contributed by atoms with van der Waals surface area (Å²) in [4.78, 5) is 12.7. The van der Waals surface area contributed by atoms with E-state index in [9.17, 15) is 9.90 Å². The van der Waals surface area contributed by atoms with Gasteiger partial charge in [0.05, 0.1) is 5.92 Å². The summed E-state index contributed by atoms with van der Waals surface area (Å²) in [5, 5.41) is 16.1. The van der Waals surface area contributed by atoms with Crippen LogP contribution in [0.2, 0.25) is 0 Å². The first-order valence-corrected chi connectivity index (χ1v) is 8.92. The lowest BCUT2D eigenvalue weighted by Gasteiger charge is -2.15. The first-order valence-electron chi connectivity index (χ1n) is 8.92. The number of aromatic hydroxyl groups is 1. The maximum absolute atomic E-state index is 12.7. The third kappa shape index (κ3) is 2.66. The molecule has 2 aromatic rings. The minimum absolute atomic E-state index is 0.0303. The second-order valence-corrected chi connectivity index (χ2v) is 7.55. The van der Waals surface area contributed by atoms with Crippen LogP contribution in [0.3, 0.4) is 0 Å². The standard InChI is InChI=1S/C21H24N2O2/c1-13-19(21(13,2)15-6-4-3-5-7-15)20(25)22-12-16-10-14-8-9-17(24)11-18(14)23-16/h3-9,11,13,16,19,23-24H,10,12H2,1-2H3,(H,22,25)/t13?,16-,19?,21-/m0/s1. The summed E-state index contributed by atoms with van der Waals surface area (Å²) in [7, 11) is 0. The Balaban J connectivity index is 1.36. The van der Waals surface area contributed by atoms with Crippen molar-refractivity contribution in [3.63, 3.8) is 0 Å². The summed E-state index contributed by atoms with van der Waals surface area (Å²) >= 11 is 0. The summed E-state index contributed by atoms with van der Waals surface area (Å²) in [6.07, 6.45) is 0.867. The largest absolute Gasteiger partial charge is 0.508 e. The highest BCUT2D eigenvalue weighted by Gasteiger charge is 2.62. The van der Waals surface area contributed by atoms with E-state index < -0.39 is 0 Å². The molecule has 1 aliphatic carbocycles. The predicted octanol–water partition coefficient (Wildman–Crippen LogP) is 3.07. The third-order valence-corrected chi connectivity index (χ3v) is 6.10. The number of anilines is 1. The van der Waals surface area contributed by atoms with E-state index in [1.807, 2.05) is 24.3 Å². The molecular formula is C21H24N2O2. The maximum atomic E-state index is 12.7. The molecule has 1 heterocycles. The zero-order valence-electron chi connectivity index (χ0n) is 14.6. The van der Waals surface area contributed by atoms with Gasteiger partial charge in [-0.25, -0.2) is 0 Å². The van der Waals surface area contributed by atoms with Gasteiger partial charge in [0.15, 0.2) is 0 Å². The van der Waals surface area contributed by atoms with E-state index in [1.165, 1.54) is 11.1 Å². The Morgan fingerprint density at radius 2 is 2.04 bits per heavy atom. The van der Waals surface area contributed by atoms with Gasteiger partial charge in [-0.3, -0.25) is 4.79 Å². The molecule has 4 rings (SSSR count). The number of amides is 1. The summed E-state index contributed by atoms with van der Waals surface area (Å²) in [5.41, 5.74) is 3.33. The van der Waals surface area contributed by atoms with E-state index in [1.54, 1.807) is 12.1 Å². The van der Waals surface area contributed by atoms with Crippen LogP contribution in [0.5, 0.6) is 5.75 Å². The van der Waals surface area contributed by atoms with E-state index >= 15 is 0 Å². The molecule has 1 fully saturated rings. The van der Waals surface area contributed by atoms with Crippen LogP contribution in [0, 0.1) is 11.8 Å². The quantitative estimate of drug-likeness (QED) is 0.804. The molecule has 0 bridgehead atoms. The average Bonchev–Trinajstić information content (AvgIpc) is 2.98. The monoisotopic (exact) mass is 336 g/mol. The lowest BCUT2D eigenvalue weighted by atomic mass is 9.94. The van der Waals surface area contributed by atoms with Crippen LogP contribution in [-0.4, -0.2) is 23.6 Å². The SMILES string of the molecule is CC1C(C(=O)NC[C@@H]2Cc3ccc(O)cc3N2)[C@]1(C)c1ccccc1. The molecule has 2 aromatic carbocycles. The smallest absolute Gasteiger partial charge is 0.224 e. The Morgan fingerprint density at radius 1 is 1.28 bits per heavy atom. The second-order valence-electron chi connectivity index (χ2n) is 7.55. The number of carbonyl (C=O) groups is 1. The minimum Gasteiger partial charge on any atom is -0.508 e. The van der Waals surface area contributed by atoms with Crippen LogP contribution in [-0.2, 0) is 16.6 Å². The van der Waals surface area contributed by atoms with E-state index in [0.29, 0.717) is 12.5 Å². The van der Waals surface area contributed by atoms with Gasteiger partial charge in [0.25, 0.3) is 0 Å². The molecule has 0 radical (unpaired) electrons. The number of phenols is 1. The van der Waals surface area contributed by atoms with Gasteiger partial charge in [0.2, 0.25) is 5.91 Å². The predicted molar refractivity (Wildman–Crippen MR) is 98.7 cm³/mol. The summed E-state index contributed by atoms with van der Waals surface area (Å²) in [6.45, 7) is 4.94. The minimum atomic E-state index is -0.0663. The third-order valence-electron chi connectivity index (χ3n) is 6.10. The summed E-state index contributed by atoms with van der Waals surface area (Å²) < 4.78 is 0. The van der Waals surface area contributed by atoms with Crippen LogP contribution in [0.4, 0.5) is 5.69 Å². The van der Waals surface area contributed by atoms with Crippen LogP contribution >= 0.6 is 0 Å². The Morgan fingerprint density at radius 3 is 2.80 bits per heavy atom. The van der Waals surface area contributed by atoms with Crippen molar-refractivity contribution >= 4 is 11.6 Å². The lowest BCUT2D eigenvalue weighted by Crippen LogP contribution is -2.37. The molecular weight excluding hydrogens is 312 g/mol. The highest BCUT2D eigenvalue weighted by molar-refractivity contribution is 5.85. The molecule has 1 saturated carbocycles. The van der Waals surface area contributed by atoms with Crippen molar-refractivity contribution in [2.75, 3.05) is 11.9 Å². The van der Waals surface area contributed by atoms with Gasteiger partial charge in [0, 0.05) is 29.8 Å². The molecule has 2 unspecified atom stereocenters. The molecule has 1 amide bonds. The van der Waals surface area contributed by atoms with Gasteiger partial charge in [-0.15, -0.1) is 0 Å². The molecule has 4 heteroatoms. The van der Waals surface area contributed by atoms with Gasteiger partial charge >= 0.3 is 0 Å². The van der Waals surface area contributed by atoms with Crippen LogP contribution in [0.15, 0.2) is 48.5 Å². The Kier molecular flexibility index (Phi) is 3.71. The highest BCUT2D eigenvalue weighted by Crippen LogP contribution is 2.59. The fraction of sp³-hybridized carbons (Fsp3) is 0.381. The fourth-order valence-corrected chi connectivity index (χ4v) is 4.34. The fourth-order valence-electron chi connectivity index (χ4n) is 4.34. The number of rotatable bonds is 4. The molecule has 3 N–H and O–H groups in total. The number of hydrogen-bond acceptors (Lipinski definition) is 3. The number of nitrogens with one attached hydrogen (secondary N) is 2. The van der Waals surface area contributed by atoms with Crippen LogP contribution in [0.25, 0.3) is 0 Å². The maximum Gasteiger partial charge on any atom is 0.224 e. The topological polar surface area (TPSA) is 61.4 Å². The number of hydrogen-bond donors (Lipinski definition) is 3. The highest BCUT2D eigenvalue weighted by atomic mass is 16.3. The molecule has 130 valence electrons. The Labute approximate surface area is 148 Å². The normalized spacial score (nSPS) is 29.6.